The highest BCUT2D eigenvalue weighted by Gasteiger charge is 2.74. The van der Waals surface area contributed by atoms with E-state index < -0.39 is 34.4 Å². The number of nitrogens with zero attached hydrogens (tertiary/aromatic N) is 5. The number of aliphatic imine (C=N–C) groups is 1. The Morgan fingerprint density at radius 2 is 2.08 bits per heavy atom. The third-order valence-corrected chi connectivity index (χ3v) is 8.22. The molecule has 5 rings (SSSR count). The number of nitrogens with two attached hydrogens (primary N) is 1. The van der Waals surface area contributed by atoms with Crippen LogP contribution in [0.1, 0.15) is 30.2 Å². The number of hydrogen-bond donors (Lipinski definition) is 1. The fraction of sp³-hybridized carbons (Fsp3) is 0.400. The van der Waals surface area contributed by atoms with Crippen molar-refractivity contribution in [3.8, 4) is 18.2 Å². The van der Waals surface area contributed by atoms with Gasteiger partial charge in [0.2, 0.25) is 11.8 Å². The maximum absolute atomic E-state index is 15.2. The van der Waals surface area contributed by atoms with Crippen LogP contribution in [0.25, 0.3) is 11.0 Å². The van der Waals surface area contributed by atoms with Crippen molar-refractivity contribution in [3.63, 3.8) is 0 Å². The highest BCUT2D eigenvalue weighted by atomic mass is 32.2. The Hall–Kier alpha value is -3.50. The van der Waals surface area contributed by atoms with Crippen LogP contribution in [0.15, 0.2) is 35.7 Å². The maximum atomic E-state index is 15.2. The SMILES string of the molecule is C#CCOc1cnc2c(Cc3cnc(F)c([C@@]4(C)N=C(N)S[C@@]5([C@H](OC)C(F)(F)F)C[C@H]54)c3)nccc2n1. The zero-order valence-electron chi connectivity index (χ0n) is 20.3. The lowest BCUT2D eigenvalue weighted by atomic mass is 9.85. The second-order valence-electron chi connectivity index (χ2n) is 9.25. The van der Waals surface area contributed by atoms with Crippen molar-refractivity contribution in [1.82, 2.24) is 19.9 Å². The number of thioether (sulfide) groups is 1. The minimum atomic E-state index is -4.62. The molecule has 38 heavy (non-hydrogen) atoms. The van der Waals surface area contributed by atoms with Crippen molar-refractivity contribution in [2.24, 2.45) is 16.6 Å². The van der Waals surface area contributed by atoms with Gasteiger partial charge in [0.25, 0.3) is 0 Å². The highest BCUT2D eigenvalue weighted by molar-refractivity contribution is 8.15. The number of fused-ring (bicyclic) bond motifs is 2. The number of methoxy groups -OCH3 is 1. The fourth-order valence-corrected chi connectivity index (χ4v) is 6.79. The quantitative estimate of drug-likeness (QED) is 0.271. The number of hydrogen-bond acceptors (Lipinski definition) is 9. The second-order valence-corrected chi connectivity index (χ2v) is 10.6. The Morgan fingerprint density at radius 1 is 1.29 bits per heavy atom. The van der Waals surface area contributed by atoms with Gasteiger partial charge in [-0.05, 0) is 31.0 Å². The minimum Gasteiger partial charge on any atom is -0.463 e. The second kappa shape index (κ2) is 9.36. The summed E-state index contributed by atoms with van der Waals surface area (Å²) in [6.45, 7) is 1.63. The van der Waals surface area contributed by atoms with Crippen LogP contribution in [0, 0.1) is 24.2 Å². The molecule has 3 aromatic rings. The van der Waals surface area contributed by atoms with Crippen LogP contribution >= 0.6 is 11.8 Å². The molecule has 0 aromatic carbocycles. The van der Waals surface area contributed by atoms with Crippen LogP contribution in [0.3, 0.4) is 0 Å². The number of pyridine rings is 2. The molecule has 2 aliphatic rings. The molecule has 0 radical (unpaired) electrons. The average molecular weight is 547 g/mol. The summed E-state index contributed by atoms with van der Waals surface area (Å²) in [6, 6.07) is 3.21. The Labute approximate surface area is 219 Å². The van der Waals surface area contributed by atoms with Gasteiger partial charge in [-0.1, -0.05) is 17.7 Å². The van der Waals surface area contributed by atoms with Gasteiger partial charge in [0.15, 0.2) is 17.9 Å². The van der Waals surface area contributed by atoms with E-state index in [0.29, 0.717) is 22.3 Å². The van der Waals surface area contributed by atoms with Gasteiger partial charge in [-0.3, -0.25) is 9.98 Å². The number of ether oxygens (including phenoxy) is 2. The van der Waals surface area contributed by atoms with Crippen molar-refractivity contribution < 1.29 is 27.0 Å². The van der Waals surface area contributed by atoms with Crippen LogP contribution < -0.4 is 10.5 Å². The number of rotatable bonds is 7. The number of halogens is 4. The molecule has 0 amide bonds. The molecule has 13 heteroatoms. The van der Waals surface area contributed by atoms with Crippen molar-refractivity contribution in [2.75, 3.05) is 13.7 Å². The van der Waals surface area contributed by atoms with Gasteiger partial charge >= 0.3 is 6.18 Å². The summed E-state index contributed by atoms with van der Waals surface area (Å²) in [6.07, 6.45) is 3.15. The number of terminal acetylenes is 1. The van der Waals surface area contributed by atoms with E-state index in [-0.39, 0.29) is 36.1 Å². The molecular weight excluding hydrogens is 524 g/mol. The van der Waals surface area contributed by atoms with E-state index in [1.165, 1.54) is 12.4 Å². The van der Waals surface area contributed by atoms with E-state index in [0.717, 1.165) is 18.9 Å². The minimum absolute atomic E-state index is 0.0444. The molecule has 1 saturated carbocycles. The summed E-state index contributed by atoms with van der Waals surface area (Å²) >= 11 is 0.833. The van der Waals surface area contributed by atoms with E-state index in [9.17, 15) is 13.2 Å². The Kier molecular flexibility index (Phi) is 6.43. The van der Waals surface area contributed by atoms with Gasteiger partial charge in [-0.2, -0.15) is 17.6 Å². The number of amidine groups is 1. The molecule has 8 nitrogen and oxygen atoms in total. The first-order valence-electron chi connectivity index (χ1n) is 11.5. The average Bonchev–Trinajstić information content (AvgIpc) is 3.59. The monoisotopic (exact) mass is 546 g/mol. The van der Waals surface area contributed by atoms with Crippen molar-refractivity contribution >= 4 is 28.0 Å². The van der Waals surface area contributed by atoms with E-state index >= 15 is 4.39 Å². The van der Waals surface area contributed by atoms with E-state index in [2.05, 4.69) is 30.8 Å². The molecular formula is C25H22F4N6O2S. The summed E-state index contributed by atoms with van der Waals surface area (Å²) in [5.41, 5.74) is 6.82. The lowest BCUT2D eigenvalue weighted by molar-refractivity contribution is -0.216. The third-order valence-electron chi connectivity index (χ3n) is 6.87. The maximum Gasteiger partial charge on any atom is 0.416 e. The summed E-state index contributed by atoms with van der Waals surface area (Å²) in [4.78, 5) is 21.5. The molecule has 0 unspecified atom stereocenters. The van der Waals surface area contributed by atoms with Crippen LogP contribution in [0.2, 0.25) is 0 Å². The number of alkyl halides is 3. The van der Waals surface area contributed by atoms with E-state index in [1.54, 1.807) is 25.3 Å². The topological polar surface area (TPSA) is 108 Å². The largest absolute Gasteiger partial charge is 0.463 e. The molecule has 3 aromatic heterocycles. The van der Waals surface area contributed by atoms with Gasteiger partial charge in [-0.25, -0.2) is 15.0 Å². The Morgan fingerprint density at radius 3 is 2.79 bits per heavy atom. The highest BCUT2D eigenvalue weighted by Crippen LogP contribution is 2.69. The predicted molar refractivity (Wildman–Crippen MR) is 133 cm³/mol. The summed E-state index contributed by atoms with van der Waals surface area (Å²) in [7, 11) is 1.01. The standard InChI is InChI=1S/C25H22F4N6O2S/c1-4-7-37-18-12-32-19-15(34-18)5-6-31-16(19)9-13-8-14(20(26)33-11-13)23(2)17-10-24(17,38-22(30)35-23)21(36-3)25(27,28)29/h1,5-6,8,11-12,17,21H,7,9-10H2,2-3H3,(H2,30,35)/t17-,21-,23+,24-/m0/s1. The van der Waals surface area contributed by atoms with Gasteiger partial charge < -0.3 is 15.2 Å². The Bertz CT molecular complexity index is 1480. The molecule has 1 aliphatic heterocycles. The number of aromatic nitrogens is 4. The lowest BCUT2D eigenvalue weighted by Gasteiger charge is -2.37. The normalized spacial score (nSPS) is 25.3. The molecule has 0 spiro atoms. The molecule has 4 heterocycles. The smallest absolute Gasteiger partial charge is 0.416 e. The van der Waals surface area contributed by atoms with Crippen molar-refractivity contribution in [3.05, 3.63) is 53.5 Å². The summed E-state index contributed by atoms with van der Waals surface area (Å²) < 4.78 is 65.4. The summed E-state index contributed by atoms with van der Waals surface area (Å²) in [5.74, 6) is 1.11. The van der Waals surface area contributed by atoms with Crippen molar-refractivity contribution in [2.45, 2.75) is 42.3 Å². The van der Waals surface area contributed by atoms with Gasteiger partial charge in [0.1, 0.15) is 5.52 Å². The predicted octanol–water partition coefficient (Wildman–Crippen LogP) is 3.77. The molecule has 198 valence electrons. The molecule has 2 N–H and O–H groups in total. The molecule has 0 bridgehead atoms. The van der Waals surface area contributed by atoms with Gasteiger partial charge in [-0.15, -0.1) is 6.42 Å². The molecule has 4 atom stereocenters. The van der Waals surface area contributed by atoms with Crippen molar-refractivity contribution in [1.29, 1.82) is 0 Å². The fourth-order valence-electron chi connectivity index (χ4n) is 5.21. The molecule has 1 aliphatic carbocycles. The first kappa shape index (κ1) is 26.1. The van der Waals surface area contributed by atoms with Gasteiger partial charge in [0, 0.05) is 37.4 Å². The van der Waals surface area contributed by atoms with Crippen LogP contribution in [-0.2, 0) is 16.7 Å². The van der Waals surface area contributed by atoms with Crippen LogP contribution in [-0.4, -0.2) is 55.8 Å². The molecule has 1 fully saturated rings. The molecule has 0 saturated heterocycles. The third kappa shape index (κ3) is 4.41. The van der Waals surface area contributed by atoms with Crippen LogP contribution in [0.5, 0.6) is 5.88 Å². The zero-order valence-corrected chi connectivity index (χ0v) is 21.1. The van der Waals surface area contributed by atoms with Gasteiger partial charge in [0.05, 0.1) is 27.7 Å². The zero-order chi connectivity index (χ0) is 27.3. The first-order valence-corrected chi connectivity index (χ1v) is 12.3. The Balaban J connectivity index is 1.49. The van der Waals surface area contributed by atoms with Crippen LogP contribution in [0.4, 0.5) is 17.6 Å². The van der Waals surface area contributed by atoms with E-state index in [4.69, 9.17) is 21.6 Å². The van der Waals surface area contributed by atoms with E-state index in [1.807, 2.05) is 0 Å². The lowest BCUT2D eigenvalue weighted by Crippen LogP contribution is -2.48. The first-order chi connectivity index (χ1) is 18.0. The summed E-state index contributed by atoms with van der Waals surface area (Å²) in [5, 5.41) is -0.0637.